The lowest BCUT2D eigenvalue weighted by atomic mass is 9.73. The van der Waals surface area contributed by atoms with E-state index in [9.17, 15) is 36.2 Å². The van der Waals surface area contributed by atoms with E-state index in [0.29, 0.717) is 33.4 Å². The maximum Gasteiger partial charge on any atom is 0.282 e. The summed E-state index contributed by atoms with van der Waals surface area (Å²) in [6.07, 6.45) is -4.18. The van der Waals surface area contributed by atoms with Gasteiger partial charge in [-0.05, 0) is 83.3 Å². The fraction of sp³-hybridized carbons (Fsp3) is 0.222. The lowest BCUT2D eigenvalue weighted by molar-refractivity contribution is 0.162. The van der Waals surface area contributed by atoms with E-state index < -0.39 is 53.3 Å². The van der Waals surface area contributed by atoms with Crippen LogP contribution in [0.25, 0.3) is 22.5 Å². The van der Waals surface area contributed by atoms with Crippen molar-refractivity contribution in [2.75, 3.05) is 0 Å². The second kappa shape index (κ2) is 12.3. The molecule has 10 N–H and O–H groups in total. The van der Waals surface area contributed by atoms with E-state index in [4.69, 9.17) is 14.3 Å². The van der Waals surface area contributed by atoms with Crippen LogP contribution in [0, 0.1) is 38.7 Å². The highest BCUT2D eigenvalue weighted by Gasteiger charge is 2.60. The number of rotatable bonds is 7. The predicted molar refractivity (Wildman–Crippen MR) is 193 cm³/mol. The summed E-state index contributed by atoms with van der Waals surface area (Å²) in [6, 6.07) is 18.6. The topological polar surface area (TPSA) is 274 Å². The molecule has 0 saturated heterocycles. The maximum absolute atomic E-state index is 13.7. The highest BCUT2D eigenvalue weighted by Crippen LogP contribution is 2.54. The van der Waals surface area contributed by atoms with Crippen LogP contribution in [0.15, 0.2) is 94.4 Å². The Hall–Kier alpha value is -5.10. The number of hydrogen-bond donors (Lipinski definition) is 8. The number of nitrogens with zero attached hydrogens (tertiary/aromatic N) is 2. The summed E-state index contributed by atoms with van der Waals surface area (Å²) >= 11 is 0. The minimum absolute atomic E-state index is 0.0164. The van der Waals surface area contributed by atoms with Crippen molar-refractivity contribution >= 4 is 31.6 Å². The average Bonchev–Trinajstić information content (AvgIpc) is 3.09. The Morgan fingerprint density at radius 2 is 0.942 bits per heavy atom. The van der Waals surface area contributed by atoms with Gasteiger partial charge < -0.3 is 21.7 Å². The smallest absolute Gasteiger partial charge is 0.282 e. The second-order valence-electron chi connectivity index (χ2n) is 13.1. The summed E-state index contributed by atoms with van der Waals surface area (Å²) in [5, 5.41) is 30.9. The van der Waals surface area contributed by atoms with Gasteiger partial charge in [-0.25, -0.2) is 11.0 Å². The summed E-state index contributed by atoms with van der Waals surface area (Å²) in [6.45, 7) is 6.38. The SMILES string of the molecule is [H]/N=N/C1=C(N)c2ccccc2C(c2c(C)cc(-c3cc(C)c(C4(S(=O)(=O)O)c5ccccc5C(N)=C(/N=N/[H])C4O)c(C)c3)cc2C)(S(=O)(=O)O)C1O. The quantitative estimate of drug-likeness (QED) is 0.0935. The van der Waals surface area contributed by atoms with Gasteiger partial charge in [-0.2, -0.15) is 27.1 Å². The molecule has 14 nitrogen and oxygen atoms in total. The third kappa shape index (κ3) is 4.76. The molecule has 2 aliphatic rings. The first kappa shape index (κ1) is 34.0. The fourth-order valence-corrected chi connectivity index (χ4v) is 11.2. The van der Waals surface area contributed by atoms with E-state index >= 15 is 0 Å². The molecule has 2 aliphatic carbocycles. The van der Waals surface area contributed by atoms with Gasteiger partial charge in [-0.3, -0.25) is 9.11 Å². The normalized spacial score (nSPS) is 24.2. The molecule has 4 atom stereocenters. The molecule has 6 rings (SSSR count). The van der Waals surface area contributed by atoms with E-state index in [2.05, 4.69) is 21.3 Å². The molecule has 0 spiro atoms. The van der Waals surface area contributed by atoms with Crippen LogP contribution in [-0.2, 0) is 29.7 Å². The number of fused-ring (bicyclic) bond motifs is 2. The standard InChI is InChI=1S/C36H36N6O8S2/c1-17-13-21(14-18(2)27(17)35(51(45,46)47)25-11-7-5-9-23(25)29(37)31(41-39)33(35)43)22-15-19(3)28(20(4)16-22)36(52(48,49)50)26-12-8-6-10-24(26)30(38)32(42-40)34(36)44/h5-16,33-34,39-40,43-44H,37-38H2,1-4H3,(H,45,46,47)(H,48,49,50)/b41-39+,42-40+. The summed E-state index contributed by atoms with van der Waals surface area (Å²) in [5.74, 6) is 0. The van der Waals surface area contributed by atoms with Crippen LogP contribution >= 0.6 is 0 Å². The average molecular weight is 745 g/mol. The lowest BCUT2D eigenvalue weighted by Gasteiger charge is -2.42. The number of benzene rings is 4. The van der Waals surface area contributed by atoms with Crippen LogP contribution in [-0.4, -0.2) is 48.4 Å². The first-order valence-electron chi connectivity index (χ1n) is 16.6. The Morgan fingerprint density at radius 3 is 1.23 bits per heavy atom. The predicted octanol–water partition coefficient (Wildman–Crippen LogP) is 4.92. The molecule has 0 heterocycles. The number of nitrogens with two attached hydrogens (primary N) is 2. The van der Waals surface area contributed by atoms with Gasteiger partial charge in [-0.1, -0.05) is 72.8 Å². The van der Waals surface area contributed by atoms with Crippen molar-refractivity contribution in [2.24, 2.45) is 21.7 Å². The molecule has 0 aromatic heterocycles. The molecular weight excluding hydrogens is 709 g/mol. The van der Waals surface area contributed by atoms with E-state index in [1.807, 2.05) is 0 Å². The molecule has 0 bridgehead atoms. The molecule has 0 amide bonds. The molecule has 0 fully saturated rings. The highest BCUT2D eigenvalue weighted by atomic mass is 32.2. The van der Waals surface area contributed by atoms with Gasteiger partial charge in [0.1, 0.15) is 23.6 Å². The first-order valence-corrected chi connectivity index (χ1v) is 18.6. The fourth-order valence-electron chi connectivity index (χ4n) is 8.34. The molecule has 0 aliphatic heterocycles. The Bertz CT molecular complexity index is 2390. The molecule has 0 saturated carbocycles. The summed E-state index contributed by atoms with van der Waals surface area (Å²) in [5.41, 5.74) is 20.1. The van der Waals surface area contributed by atoms with Gasteiger partial charge in [0, 0.05) is 11.1 Å². The van der Waals surface area contributed by atoms with Crippen molar-refractivity contribution < 1.29 is 39.0 Å². The van der Waals surface area contributed by atoms with Crippen molar-refractivity contribution in [1.82, 2.24) is 0 Å². The van der Waals surface area contributed by atoms with Crippen molar-refractivity contribution in [1.29, 1.82) is 11.0 Å². The van der Waals surface area contributed by atoms with Crippen molar-refractivity contribution in [2.45, 2.75) is 49.4 Å². The van der Waals surface area contributed by atoms with E-state index in [1.165, 1.54) is 36.4 Å². The number of aliphatic hydroxyl groups excluding tert-OH is 2. The largest absolute Gasteiger partial charge is 0.397 e. The third-order valence-corrected chi connectivity index (χ3v) is 13.2. The Labute approximate surface area is 303 Å². The molecule has 4 aromatic rings. The minimum Gasteiger partial charge on any atom is -0.397 e. The van der Waals surface area contributed by atoms with Gasteiger partial charge in [0.15, 0.2) is 9.49 Å². The monoisotopic (exact) mass is 744 g/mol. The molecule has 16 heteroatoms. The zero-order valence-corrected chi connectivity index (χ0v) is 29.9. The van der Waals surface area contributed by atoms with Crippen molar-refractivity contribution in [3.63, 3.8) is 0 Å². The molecule has 4 unspecified atom stereocenters. The van der Waals surface area contributed by atoms with Crippen LogP contribution in [0.4, 0.5) is 0 Å². The van der Waals surface area contributed by atoms with Gasteiger partial charge in [0.2, 0.25) is 2.82 Å². The minimum atomic E-state index is -5.24. The van der Waals surface area contributed by atoms with Gasteiger partial charge >= 0.3 is 0 Å². The highest BCUT2D eigenvalue weighted by molar-refractivity contribution is 7.87. The van der Waals surface area contributed by atoms with Crippen LogP contribution in [0.3, 0.4) is 0 Å². The van der Waals surface area contributed by atoms with Gasteiger partial charge in [0.05, 0.1) is 11.4 Å². The number of nitrogens with one attached hydrogen (secondary N) is 2. The number of hydrogen-bond acceptors (Lipinski definition) is 12. The maximum atomic E-state index is 13.7. The Kier molecular flexibility index (Phi) is 8.01. The molecular formula is C36H36N6O8S2. The lowest BCUT2D eigenvalue weighted by Crippen LogP contribution is -2.52. The van der Waals surface area contributed by atoms with Crippen LogP contribution in [0.1, 0.15) is 55.6 Å². The zero-order valence-electron chi connectivity index (χ0n) is 30.3. The van der Waals surface area contributed by atoms with Gasteiger partial charge in [0.25, 0.3) is 20.2 Å². The number of aliphatic hydroxyl groups is 2. The Morgan fingerprint density at radius 1 is 0.635 bits per heavy atom. The third-order valence-electron chi connectivity index (χ3n) is 10.2. The molecule has 4 aromatic carbocycles. The van der Waals surface area contributed by atoms with E-state index in [1.54, 1.807) is 64.1 Å². The van der Waals surface area contributed by atoms with Crippen LogP contribution in [0.5, 0.6) is 0 Å². The molecule has 52 heavy (non-hydrogen) atoms. The Balaban J connectivity index is 1.61. The van der Waals surface area contributed by atoms with Crippen molar-refractivity contribution in [3.8, 4) is 11.1 Å². The number of aryl methyl sites for hydroxylation is 4. The van der Waals surface area contributed by atoms with Crippen molar-refractivity contribution in [3.05, 3.63) is 140 Å². The van der Waals surface area contributed by atoms with E-state index in [-0.39, 0.29) is 44.8 Å². The zero-order chi connectivity index (χ0) is 39.7. The molecule has 270 valence electrons. The summed E-state index contributed by atoms with van der Waals surface area (Å²) in [7, 11) is -10.5. The molecule has 0 radical (unpaired) electrons. The van der Waals surface area contributed by atoms with Crippen LogP contribution < -0.4 is 11.5 Å². The first-order chi connectivity index (χ1) is 25.3. The van der Waals surface area contributed by atoms with Crippen LogP contribution in [0.2, 0.25) is 2.82 Å². The summed E-state index contributed by atoms with van der Waals surface area (Å²) < 4.78 is 86.3. The summed E-state index contributed by atoms with van der Waals surface area (Å²) in [4.78, 5) is 0. The van der Waals surface area contributed by atoms with Gasteiger partial charge in [-0.15, -0.1) is 0 Å². The van der Waals surface area contributed by atoms with E-state index in [0.717, 1.165) is 0 Å². The second-order valence-corrected chi connectivity index (χ2v) is 16.3.